The molecular formula is C9H12N2O3S. The third kappa shape index (κ3) is 2.45. The van der Waals surface area contributed by atoms with Crippen LogP contribution in [0.4, 0.5) is 0 Å². The Morgan fingerprint density at radius 1 is 1.47 bits per heavy atom. The van der Waals surface area contributed by atoms with Crippen molar-refractivity contribution in [3.8, 4) is 0 Å². The second-order valence-electron chi connectivity index (χ2n) is 3.66. The average Bonchev–Trinajstić information content (AvgIpc) is 2.99. The minimum absolute atomic E-state index is 0.217. The molecule has 15 heavy (non-hydrogen) atoms. The second-order valence-corrected chi connectivity index (χ2v) is 5.39. The van der Waals surface area contributed by atoms with Crippen LogP contribution < -0.4 is 10.3 Å². The number of aromatic amines is 1. The smallest absolute Gasteiger partial charge is 0.268 e. The van der Waals surface area contributed by atoms with Crippen LogP contribution in [-0.2, 0) is 10.0 Å². The normalized spacial score (nSPS) is 16.5. The third-order valence-corrected chi connectivity index (χ3v) is 3.78. The summed E-state index contributed by atoms with van der Waals surface area (Å²) in [6.45, 7) is 0.427. The summed E-state index contributed by atoms with van der Waals surface area (Å²) >= 11 is 0. The molecule has 1 fully saturated rings. The highest BCUT2D eigenvalue weighted by Gasteiger charge is 2.25. The van der Waals surface area contributed by atoms with Crippen LogP contribution in [0, 0.1) is 5.92 Å². The number of hydrogen-bond donors (Lipinski definition) is 2. The highest BCUT2D eigenvalue weighted by Crippen LogP contribution is 2.27. The van der Waals surface area contributed by atoms with Gasteiger partial charge in [-0.25, -0.2) is 13.1 Å². The van der Waals surface area contributed by atoms with E-state index in [1.807, 2.05) is 0 Å². The van der Waals surface area contributed by atoms with E-state index in [0.29, 0.717) is 12.5 Å². The van der Waals surface area contributed by atoms with Crippen molar-refractivity contribution in [1.82, 2.24) is 9.71 Å². The molecule has 0 atom stereocenters. The van der Waals surface area contributed by atoms with Crippen LogP contribution in [0.5, 0.6) is 0 Å². The molecule has 2 rings (SSSR count). The molecule has 1 heterocycles. The summed E-state index contributed by atoms with van der Waals surface area (Å²) in [5.74, 6) is 0.447. The fourth-order valence-electron chi connectivity index (χ4n) is 1.25. The topological polar surface area (TPSA) is 79.0 Å². The Balaban J connectivity index is 2.20. The molecular weight excluding hydrogens is 216 g/mol. The van der Waals surface area contributed by atoms with Gasteiger partial charge in [-0.05, 0) is 30.9 Å². The predicted molar refractivity (Wildman–Crippen MR) is 55.0 cm³/mol. The van der Waals surface area contributed by atoms with Gasteiger partial charge < -0.3 is 4.98 Å². The fraction of sp³-hybridized carbons (Fsp3) is 0.444. The van der Waals surface area contributed by atoms with Crippen molar-refractivity contribution in [3.63, 3.8) is 0 Å². The zero-order chi connectivity index (χ0) is 10.9. The van der Waals surface area contributed by atoms with Gasteiger partial charge >= 0.3 is 0 Å². The number of nitrogens with one attached hydrogen (secondary N) is 2. The highest BCUT2D eigenvalue weighted by atomic mass is 32.2. The van der Waals surface area contributed by atoms with Crippen molar-refractivity contribution in [2.75, 3.05) is 6.54 Å². The molecule has 0 aromatic carbocycles. The summed E-state index contributed by atoms with van der Waals surface area (Å²) in [7, 11) is -3.64. The fourth-order valence-corrected chi connectivity index (χ4v) is 2.42. The summed E-state index contributed by atoms with van der Waals surface area (Å²) in [4.78, 5) is 13.4. The summed E-state index contributed by atoms with van der Waals surface area (Å²) < 4.78 is 25.7. The lowest BCUT2D eigenvalue weighted by Gasteiger charge is -2.04. The maximum Gasteiger partial charge on any atom is 0.268 e. The molecule has 1 saturated carbocycles. The minimum Gasteiger partial charge on any atom is -0.328 e. The summed E-state index contributed by atoms with van der Waals surface area (Å²) in [5.41, 5.74) is -0.583. The van der Waals surface area contributed by atoms with E-state index in [1.165, 1.54) is 18.3 Å². The van der Waals surface area contributed by atoms with Gasteiger partial charge in [-0.3, -0.25) is 4.79 Å². The Kier molecular flexibility index (Phi) is 2.62. The van der Waals surface area contributed by atoms with Crippen molar-refractivity contribution >= 4 is 10.0 Å². The molecule has 1 aliphatic rings. The van der Waals surface area contributed by atoms with Gasteiger partial charge in [0.15, 0.2) is 0 Å². The van der Waals surface area contributed by atoms with E-state index in [1.54, 1.807) is 0 Å². The number of H-pyrrole nitrogens is 1. The monoisotopic (exact) mass is 228 g/mol. The van der Waals surface area contributed by atoms with E-state index in [9.17, 15) is 13.2 Å². The first-order chi connectivity index (χ1) is 7.09. The van der Waals surface area contributed by atoms with Gasteiger partial charge in [0.1, 0.15) is 4.90 Å². The largest absolute Gasteiger partial charge is 0.328 e. The van der Waals surface area contributed by atoms with E-state index >= 15 is 0 Å². The maximum atomic E-state index is 11.7. The van der Waals surface area contributed by atoms with E-state index < -0.39 is 15.6 Å². The number of pyridine rings is 1. The van der Waals surface area contributed by atoms with Crippen LogP contribution in [0.25, 0.3) is 0 Å². The zero-order valence-corrected chi connectivity index (χ0v) is 8.88. The lowest BCUT2D eigenvalue weighted by Crippen LogP contribution is -2.30. The van der Waals surface area contributed by atoms with Gasteiger partial charge in [0, 0.05) is 12.7 Å². The zero-order valence-electron chi connectivity index (χ0n) is 8.06. The number of hydrogen-bond acceptors (Lipinski definition) is 3. The first-order valence-electron chi connectivity index (χ1n) is 4.77. The lowest BCUT2D eigenvalue weighted by atomic mass is 10.4. The quantitative estimate of drug-likeness (QED) is 0.765. The van der Waals surface area contributed by atoms with Crippen molar-refractivity contribution in [2.45, 2.75) is 17.7 Å². The summed E-state index contributed by atoms with van der Waals surface area (Å²) in [6.07, 6.45) is 3.53. The van der Waals surface area contributed by atoms with Crippen LogP contribution in [0.3, 0.4) is 0 Å². The van der Waals surface area contributed by atoms with Crippen LogP contribution in [0.1, 0.15) is 12.8 Å². The molecule has 0 spiro atoms. The molecule has 0 bridgehead atoms. The van der Waals surface area contributed by atoms with Crippen LogP contribution in [0.2, 0.25) is 0 Å². The molecule has 6 heteroatoms. The van der Waals surface area contributed by atoms with E-state index in [4.69, 9.17) is 0 Å². The third-order valence-electron chi connectivity index (χ3n) is 2.33. The summed E-state index contributed by atoms with van der Waals surface area (Å²) in [5, 5.41) is 0. The number of aromatic nitrogens is 1. The van der Waals surface area contributed by atoms with Crippen molar-refractivity contribution in [3.05, 3.63) is 28.7 Å². The molecule has 2 N–H and O–H groups in total. The van der Waals surface area contributed by atoms with Gasteiger partial charge in [0.25, 0.3) is 5.56 Å². The van der Waals surface area contributed by atoms with Crippen molar-refractivity contribution < 1.29 is 8.42 Å². The highest BCUT2D eigenvalue weighted by molar-refractivity contribution is 7.89. The van der Waals surface area contributed by atoms with Gasteiger partial charge in [-0.15, -0.1) is 0 Å². The van der Waals surface area contributed by atoms with Crippen LogP contribution in [-0.4, -0.2) is 19.9 Å². The molecule has 0 saturated heterocycles. The first-order valence-corrected chi connectivity index (χ1v) is 6.25. The minimum atomic E-state index is -3.64. The molecule has 1 aliphatic carbocycles. The van der Waals surface area contributed by atoms with Gasteiger partial charge in [-0.1, -0.05) is 0 Å². The lowest BCUT2D eigenvalue weighted by molar-refractivity contribution is 0.576. The van der Waals surface area contributed by atoms with Crippen molar-refractivity contribution in [1.29, 1.82) is 0 Å². The molecule has 0 aliphatic heterocycles. The summed E-state index contributed by atoms with van der Waals surface area (Å²) in [6, 6.07) is 2.79. The molecule has 0 unspecified atom stereocenters. The Labute approximate surface area is 87.6 Å². The van der Waals surface area contributed by atoms with Gasteiger partial charge in [-0.2, -0.15) is 0 Å². The van der Waals surface area contributed by atoms with E-state index in [2.05, 4.69) is 9.71 Å². The molecule has 1 aromatic heterocycles. The van der Waals surface area contributed by atoms with Gasteiger partial charge in [0.2, 0.25) is 10.0 Å². The molecule has 82 valence electrons. The average molecular weight is 228 g/mol. The van der Waals surface area contributed by atoms with Crippen molar-refractivity contribution in [2.24, 2.45) is 5.92 Å². The Morgan fingerprint density at radius 3 is 2.80 bits per heavy atom. The molecule has 0 radical (unpaired) electrons. The maximum absolute atomic E-state index is 11.7. The van der Waals surface area contributed by atoms with Crippen LogP contribution in [0.15, 0.2) is 28.0 Å². The SMILES string of the molecule is O=c1[nH]cccc1S(=O)(=O)NCC1CC1. The molecule has 0 amide bonds. The van der Waals surface area contributed by atoms with E-state index in [-0.39, 0.29) is 4.90 Å². The Morgan fingerprint density at radius 2 is 2.20 bits per heavy atom. The Bertz CT molecular complexity index is 502. The number of sulfonamides is 1. The predicted octanol–water partition coefficient (Wildman–Crippen LogP) is 0.0632. The second kappa shape index (κ2) is 3.79. The molecule has 5 nitrogen and oxygen atoms in total. The van der Waals surface area contributed by atoms with E-state index in [0.717, 1.165) is 12.8 Å². The van der Waals surface area contributed by atoms with Crippen LogP contribution >= 0.6 is 0 Å². The Hall–Kier alpha value is -1.14. The molecule has 1 aromatic rings. The first kappa shape index (κ1) is 10.4. The standard InChI is InChI=1S/C9H12N2O3S/c12-9-8(2-1-5-10-9)15(13,14)11-6-7-3-4-7/h1-2,5,7,11H,3-4,6H2,(H,10,12). The number of rotatable bonds is 4. The van der Waals surface area contributed by atoms with Gasteiger partial charge in [0.05, 0.1) is 0 Å².